The summed E-state index contributed by atoms with van der Waals surface area (Å²) < 4.78 is 14.6. The molecule has 1 amide bonds. The van der Waals surface area contributed by atoms with E-state index < -0.39 is 23.4 Å². The van der Waals surface area contributed by atoms with Crippen LogP contribution in [0.3, 0.4) is 0 Å². The van der Waals surface area contributed by atoms with Crippen molar-refractivity contribution < 1.29 is 19.1 Å². The fourth-order valence-electron chi connectivity index (χ4n) is 2.07. The van der Waals surface area contributed by atoms with Crippen molar-refractivity contribution >= 4 is 40.8 Å². The predicted octanol–water partition coefficient (Wildman–Crippen LogP) is 3.31. The van der Waals surface area contributed by atoms with Crippen molar-refractivity contribution in [1.82, 2.24) is 4.98 Å². The third kappa shape index (κ3) is 3.48. The molecule has 0 atom stereocenters. The van der Waals surface area contributed by atoms with Crippen LogP contribution >= 0.6 is 23.2 Å². The molecule has 0 saturated heterocycles. The number of carbonyl (C=O) groups is 2. The number of rotatable bonds is 4. The average Bonchev–Trinajstić information content (AvgIpc) is 2.49. The van der Waals surface area contributed by atoms with E-state index in [9.17, 15) is 19.1 Å². The lowest BCUT2D eigenvalue weighted by atomic mass is 10.0. The summed E-state index contributed by atoms with van der Waals surface area (Å²) in [6, 6.07) is 4.05. The molecule has 0 unspecified atom stereocenters. The van der Waals surface area contributed by atoms with Crippen LogP contribution in [0.1, 0.15) is 23.0 Å². The number of pyridine rings is 1. The summed E-state index contributed by atoms with van der Waals surface area (Å²) in [5, 5.41) is 11.5. The first-order valence-electron chi connectivity index (χ1n) is 6.65. The monoisotopic (exact) mass is 371 g/mol. The van der Waals surface area contributed by atoms with Crippen molar-refractivity contribution in [1.29, 1.82) is 0 Å². The van der Waals surface area contributed by atoms with E-state index in [0.29, 0.717) is 0 Å². The fraction of sp³-hybridized carbons (Fsp3) is 0.133. The maximum absolute atomic E-state index is 14.6. The molecule has 2 aromatic rings. The predicted molar refractivity (Wildman–Crippen MR) is 88.8 cm³/mol. The SMILES string of the molecule is CC(=O)Nc1cc(-c2ccc(Cl)c(CN)c2F)nc(C(=O)O)c1Cl. The van der Waals surface area contributed by atoms with Gasteiger partial charge in [0.2, 0.25) is 5.91 Å². The van der Waals surface area contributed by atoms with Crippen LogP contribution in [0.5, 0.6) is 0 Å². The molecule has 6 nitrogen and oxygen atoms in total. The Labute approximate surface area is 146 Å². The first-order valence-corrected chi connectivity index (χ1v) is 7.40. The minimum atomic E-state index is -1.41. The summed E-state index contributed by atoms with van der Waals surface area (Å²) in [4.78, 5) is 26.4. The molecule has 0 spiro atoms. The summed E-state index contributed by atoms with van der Waals surface area (Å²) in [6.07, 6.45) is 0. The highest BCUT2D eigenvalue weighted by atomic mass is 35.5. The van der Waals surface area contributed by atoms with Gasteiger partial charge in [-0.3, -0.25) is 4.79 Å². The van der Waals surface area contributed by atoms with Gasteiger partial charge in [-0.2, -0.15) is 0 Å². The molecule has 1 aromatic heterocycles. The first kappa shape index (κ1) is 18.1. The van der Waals surface area contributed by atoms with E-state index in [1.807, 2.05) is 0 Å². The van der Waals surface area contributed by atoms with Crippen LogP contribution in [0.4, 0.5) is 10.1 Å². The Hall–Kier alpha value is -2.22. The van der Waals surface area contributed by atoms with Crippen molar-refractivity contribution in [2.24, 2.45) is 5.73 Å². The molecule has 0 aliphatic heterocycles. The highest BCUT2D eigenvalue weighted by Gasteiger charge is 2.21. The lowest BCUT2D eigenvalue weighted by molar-refractivity contribution is -0.114. The molecule has 4 N–H and O–H groups in total. The first-order chi connectivity index (χ1) is 11.3. The number of hydrogen-bond acceptors (Lipinski definition) is 4. The summed E-state index contributed by atoms with van der Waals surface area (Å²) in [6.45, 7) is 1.09. The van der Waals surface area contributed by atoms with Gasteiger partial charge in [-0.05, 0) is 18.2 Å². The van der Waals surface area contributed by atoms with Crippen molar-refractivity contribution in [2.75, 3.05) is 5.32 Å². The number of aromatic nitrogens is 1. The van der Waals surface area contributed by atoms with Crippen LogP contribution in [-0.2, 0) is 11.3 Å². The molecular weight excluding hydrogens is 360 g/mol. The third-order valence-corrected chi connectivity index (χ3v) is 3.87. The molecular formula is C15H12Cl2FN3O3. The van der Waals surface area contributed by atoms with E-state index in [1.54, 1.807) is 0 Å². The van der Waals surface area contributed by atoms with Gasteiger partial charge in [0.25, 0.3) is 0 Å². The Kier molecular flexibility index (Phi) is 5.38. The fourth-order valence-corrected chi connectivity index (χ4v) is 2.52. The van der Waals surface area contributed by atoms with Crippen molar-refractivity contribution in [3.63, 3.8) is 0 Å². The van der Waals surface area contributed by atoms with Crippen molar-refractivity contribution in [3.8, 4) is 11.3 Å². The van der Waals surface area contributed by atoms with Gasteiger partial charge in [0.05, 0.1) is 16.4 Å². The number of nitrogens with two attached hydrogens (primary N) is 1. The topological polar surface area (TPSA) is 105 Å². The van der Waals surface area contributed by atoms with Gasteiger partial charge >= 0.3 is 5.97 Å². The largest absolute Gasteiger partial charge is 0.476 e. The molecule has 2 rings (SSSR count). The number of amides is 1. The second-order valence-corrected chi connectivity index (χ2v) is 5.58. The quantitative estimate of drug-likeness (QED) is 0.764. The number of aromatic carboxylic acids is 1. The van der Waals surface area contributed by atoms with E-state index in [-0.39, 0.29) is 39.1 Å². The molecule has 9 heteroatoms. The van der Waals surface area contributed by atoms with Gasteiger partial charge in [0.15, 0.2) is 5.69 Å². The van der Waals surface area contributed by atoms with Gasteiger partial charge in [-0.25, -0.2) is 14.2 Å². The lowest BCUT2D eigenvalue weighted by Crippen LogP contribution is -2.11. The van der Waals surface area contributed by atoms with E-state index in [2.05, 4.69) is 10.3 Å². The zero-order valence-electron chi connectivity index (χ0n) is 12.4. The lowest BCUT2D eigenvalue weighted by Gasteiger charge is -2.13. The Morgan fingerprint density at radius 1 is 1.38 bits per heavy atom. The van der Waals surface area contributed by atoms with Crippen molar-refractivity contribution in [2.45, 2.75) is 13.5 Å². The van der Waals surface area contributed by atoms with E-state index in [4.69, 9.17) is 28.9 Å². The molecule has 0 aliphatic carbocycles. The molecule has 126 valence electrons. The number of benzene rings is 1. The van der Waals surface area contributed by atoms with Crippen LogP contribution in [0.15, 0.2) is 18.2 Å². The van der Waals surface area contributed by atoms with Crippen LogP contribution in [0.25, 0.3) is 11.3 Å². The molecule has 1 aromatic carbocycles. The number of halogens is 3. The Morgan fingerprint density at radius 2 is 2.04 bits per heavy atom. The molecule has 24 heavy (non-hydrogen) atoms. The van der Waals surface area contributed by atoms with Gasteiger partial charge in [-0.15, -0.1) is 0 Å². The number of nitrogens with one attached hydrogen (secondary N) is 1. The minimum absolute atomic E-state index is 0.00869. The highest BCUT2D eigenvalue weighted by Crippen LogP contribution is 2.33. The molecule has 1 heterocycles. The Morgan fingerprint density at radius 3 is 2.58 bits per heavy atom. The van der Waals surface area contributed by atoms with E-state index in [1.165, 1.54) is 25.1 Å². The minimum Gasteiger partial charge on any atom is -0.476 e. The highest BCUT2D eigenvalue weighted by molar-refractivity contribution is 6.36. The number of carboxylic acid groups (broad SMARTS) is 1. The zero-order valence-corrected chi connectivity index (χ0v) is 13.9. The molecule has 0 saturated carbocycles. The normalized spacial score (nSPS) is 10.5. The van der Waals surface area contributed by atoms with Crippen LogP contribution in [0, 0.1) is 5.82 Å². The van der Waals surface area contributed by atoms with E-state index in [0.717, 1.165) is 0 Å². The number of hydrogen-bond donors (Lipinski definition) is 3. The zero-order chi connectivity index (χ0) is 18.0. The second-order valence-electron chi connectivity index (χ2n) is 4.80. The standard InChI is InChI=1S/C15H12Cl2FN3O3/c1-6(22)20-11-4-10(21-14(12(11)17)15(23)24)7-2-3-9(16)8(5-19)13(7)18/h2-4H,5,19H2,1H3,(H,23,24)(H,20,21,22). The van der Waals surface area contributed by atoms with E-state index >= 15 is 0 Å². The number of carboxylic acids is 1. The van der Waals surface area contributed by atoms with Gasteiger partial charge in [0.1, 0.15) is 5.82 Å². The average molecular weight is 372 g/mol. The number of anilines is 1. The second kappa shape index (κ2) is 7.12. The molecule has 0 bridgehead atoms. The third-order valence-electron chi connectivity index (χ3n) is 3.14. The Bertz CT molecular complexity index is 843. The summed E-state index contributed by atoms with van der Waals surface area (Å²) in [5.41, 5.74) is 5.02. The summed E-state index contributed by atoms with van der Waals surface area (Å²) >= 11 is 11.8. The maximum Gasteiger partial charge on any atom is 0.356 e. The summed E-state index contributed by atoms with van der Waals surface area (Å²) in [7, 11) is 0. The maximum atomic E-state index is 14.6. The van der Waals surface area contributed by atoms with Crippen LogP contribution in [-0.4, -0.2) is 22.0 Å². The Balaban J connectivity index is 2.73. The summed E-state index contributed by atoms with van der Waals surface area (Å²) in [5.74, 6) is -2.60. The van der Waals surface area contributed by atoms with Gasteiger partial charge < -0.3 is 16.2 Å². The van der Waals surface area contributed by atoms with Crippen LogP contribution < -0.4 is 11.1 Å². The molecule has 0 aliphatic rings. The van der Waals surface area contributed by atoms with Gasteiger partial charge in [-0.1, -0.05) is 23.2 Å². The molecule has 0 radical (unpaired) electrons. The van der Waals surface area contributed by atoms with Gasteiger partial charge in [0, 0.05) is 29.6 Å². The van der Waals surface area contributed by atoms with Crippen LogP contribution in [0.2, 0.25) is 10.0 Å². The number of carbonyl (C=O) groups excluding carboxylic acids is 1. The smallest absolute Gasteiger partial charge is 0.356 e. The molecule has 0 fully saturated rings. The number of nitrogens with zero attached hydrogens (tertiary/aromatic N) is 1. The van der Waals surface area contributed by atoms with Crippen molar-refractivity contribution in [3.05, 3.63) is 45.3 Å².